The fourth-order valence-corrected chi connectivity index (χ4v) is 3.01. The van der Waals surface area contributed by atoms with Crippen LogP contribution in [0, 0.1) is 5.92 Å². The molecule has 0 radical (unpaired) electrons. The lowest BCUT2D eigenvalue weighted by atomic mass is 10.0. The first-order valence-electron chi connectivity index (χ1n) is 7.34. The van der Waals surface area contributed by atoms with Crippen LogP contribution in [0.1, 0.15) is 17.5 Å². The Balaban J connectivity index is 1.41. The van der Waals surface area contributed by atoms with E-state index in [1.165, 1.54) is 11.1 Å². The summed E-state index contributed by atoms with van der Waals surface area (Å²) in [6, 6.07) is 8.48. The normalized spacial score (nSPS) is 22.5. The average molecular weight is 275 g/mol. The molecule has 1 aliphatic carbocycles. The Hall–Kier alpha value is -1.39. The lowest BCUT2D eigenvalue weighted by molar-refractivity contribution is -0.124. The van der Waals surface area contributed by atoms with Crippen molar-refractivity contribution in [1.82, 2.24) is 5.32 Å². The molecule has 1 saturated heterocycles. The maximum atomic E-state index is 12.0. The molecule has 20 heavy (non-hydrogen) atoms. The molecular weight excluding hydrogens is 254 g/mol. The molecule has 1 amide bonds. The number of nitrogens with one attached hydrogen (secondary N) is 1. The number of carbonyl (C=O) groups excluding carboxylic acids is 1. The van der Waals surface area contributed by atoms with Crippen molar-refractivity contribution in [2.45, 2.75) is 25.4 Å². The second-order valence-corrected chi connectivity index (χ2v) is 5.62. The topological polar surface area (TPSA) is 47.6 Å². The van der Waals surface area contributed by atoms with Gasteiger partial charge in [-0.1, -0.05) is 24.3 Å². The summed E-state index contributed by atoms with van der Waals surface area (Å²) in [7, 11) is 0. The lowest BCUT2D eigenvalue weighted by Gasteiger charge is -2.23. The molecule has 0 saturated carbocycles. The fraction of sp³-hybridized carbons (Fsp3) is 0.562. The predicted octanol–water partition coefficient (Wildman–Crippen LogP) is 1.32. The van der Waals surface area contributed by atoms with E-state index in [1.54, 1.807) is 0 Å². The zero-order chi connectivity index (χ0) is 13.8. The molecule has 0 aromatic heterocycles. The molecule has 1 aliphatic heterocycles. The molecule has 4 nitrogen and oxygen atoms in total. The lowest BCUT2D eigenvalue weighted by Crippen LogP contribution is -2.40. The van der Waals surface area contributed by atoms with Gasteiger partial charge in [-0.25, -0.2) is 0 Å². The van der Waals surface area contributed by atoms with Crippen LogP contribution in [0.15, 0.2) is 24.3 Å². The minimum absolute atomic E-state index is 0.00785. The van der Waals surface area contributed by atoms with Crippen LogP contribution in [-0.2, 0) is 27.1 Å². The number of fused-ring (bicyclic) bond motifs is 1. The molecule has 4 heteroatoms. The van der Waals surface area contributed by atoms with E-state index in [2.05, 4.69) is 29.6 Å². The Bertz CT molecular complexity index is 444. The maximum Gasteiger partial charge on any atom is 0.220 e. The third kappa shape index (κ3) is 3.38. The van der Waals surface area contributed by atoms with Gasteiger partial charge < -0.3 is 14.8 Å². The van der Waals surface area contributed by atoms with Gasteiger partial charge in [0.05, 0.1) is 25.9 Å². The minimum atomic E-state index is 0.00785. The van der Waals surface area contributed by atoms with E-state index in [0.717, 1.165) is 12.8 Å². The van der Waals surface area contributed by atoms with Crippen LogP contribution >= 0.6 is 0 Å². The monoisotopic (exact) mass is 275 g/mol. The van der Waals surface area contributed by atoms with E-state index in [0.29, 0.717) is 38.7 Å². The maximum absolute atomic E-state index is 12.0. The van der Waals surface area contributed by atoms with Crippen molar-refractivity contribution in [3.8, 4) is 0 Å². The van der Waals surface area contributed by atoms with Crippen molar-refractivity contribution in [3.63, 3.8) is 0 Å². The van der Waals surface area contributed by atoms with Gasteiger partial charge in [0.25, 0.3) is 0 Å². The second-order valence-electron chi connectivity index (χ2n) is 5.62. The number of rotatable bonds is 4. The van der Waals surface area contributed by atoms with Gasteiger partial charge in [0.15, 0.2) is 0 Å². The highest BCUT2D eigenvalue weighted by atomic mass is 16.6. The SMILES string of the molecule is O=C(CC1Cc2ccccc2C1)NC[C@@H]1COCCO1. The van der Waals surface area contributed by atoms with Crippen molar-refractivity contribution in [3.05, 3.63) is 35.4 Å². The summed E-state index contributed by atoms with van der Waals surface area (Å²) >= 11 is 0. The van der Waals surface area contributed by atoms with Crippen LogP contribution < -0.4 is 5.32 Å². The first-order chi connectivity index (χ1) is 9.81. The van der Waals surface area contributed by atoms with E-state index >= 15 is 0 Å². The fourth-order valence-electron chi connectivity index (χ4n) is 3.01. The van der Waals surface area contributed by atoms with Crippen molar-refractivity contribution in [2.75, 3.05) is 26.4 Å². The molecule has 0 bridgehead atoms. The van der Waals surface area contributed by atoms with Crippen molar-refractivity contribution >= 4 is 5.91 Å². The predicted molar refractivity (Wildman–Crippen MR) is 75.5 cm³/mol. The first-order valence-corrected chi connectivity index (χ1v) is 7.34. The Morgan fingerprint density at radius 2 is 1.95 bits per heavy atom. The molecule has 0 spiro atoms. The quantitative estimate of drug-likeness (QED) is 0.901. The third-order valence-corrected chi connectivity index (χ3v) is 4.02. The summed E-state index contributed by atoms with van der Waals surface area (Å²) in [5.74, 6) is 0.563. The van der Waals surface area contributed by atoms with E-state index in [-0.39, 0.29) is 12.0 Å². The Kier molecular flexibility index (Phi) is 4.33. The molecule has 1 aromatic rings. The van der Waals surface area contributed by atoms with Crippen LogP contribution in [0.5, 0.6) is 0 Å². The van der Waals surface area contributed by atoms with Gasteiger partial charge in [-0.3, -0.25) is 4.79 Å². The van der Waals surface area contributed by atoms with E-state index in [4.69, 9.17) is 9.47 Å². The summed E-state index contributed by atoms with van der Waals surface area (Å²) in [5.41, 5.74) is 2.80. The molecule has 3 rings (SSSR count). The Morgan fingerprint density at radius 1 is 1.20 bits per heavy atom. The molecule has 1 N–H and O–H groups in total. The van der Waals surface area contributed by atoms with Crippen molar-refractivity contribution in [1.29, 1.82) is 0 Å². The molecule has 1 aromatic carbocycles. The summed E-state index contributed by atoms with van der Waals surface area (Å²) in [6.45, 7) is 2.41. The Labute approximate surface area is 119 Å². The summed E-state index contributed by atoms with van der Waals surface area (Å²) < 4.78 is 10.8. The highest BCUT2D eigenvalue weighted by Gasteiger charge is 2.23. The van der Waals surface area contributed by atoms with Gasteiger partial charge in [-0.05, 0) is 29.9 Å². The molecule has 0 unspecified atom stereocenters. The summed E-state index contributed by atoms with van der Waals surface area (Å²) in [4.78, 5) is 12.0. The number of ether oxygens (including phenoxy) is 2. The van der Waals surface area contributed by atoms with Crippen LogP contribution in [0.25, 0.3) is 0 Å². The highest BCUT2D eigenvalue weighted by molar-refractivity contribution is 5.76. The van der Waals surface area contributed by atoms with Gasteiger partial charge in [-0.2, -0.15) is 0 Å². The Morgan fingerprint density at radius 3 is 2.60 bits per heavy atom. The van der Waals surface area contributed by atoms with Crippen LogP contribution in [0.2, 0.25) is 0 Å². The van der Waals surface area contributed by atoms with Gasteiger partial charge in [-0.15, -0.1) is 0 Å². The summed E-state index contributed by atoms with van der Waals surface area (Å²) in [5, 5.41) is 2.96. The van der Waals surface area contributed by atoms with Crippen LogP contribution in [0.3, 0.4) is 0 Å². The number of amides is 1. The van der Waals surface area contributed by atoms with Crippen LogP contribution in [0.4, 0.5) is 0 Å². The van der Waals surface area contributed by atoms with Gasteiger partial charge in [0.1, 0.15) is 0 Å². The molecule has 1 fully saturated rings. The van der Waals surface area contributed by atoms with E-state index in [9.17, 15) is 4.79 Å². The number of hydrogen-bond donors (Lipinski definition) is 1. The largest absolute Gasteiger partial charge is 0.376 e. The average Bonchev–Trinajstić information content (AvgIpc) is 2.88. The smallest absolute Gasteiger partial charge is 0.220 e. The number of hydrogen-bond acceptors (Lipinski definition) is 3. The molecular formula is C16H21NO3. The van der Waals surface area contributed by atoms with E-state index < -0.39 is 0 Å². The zero-order valence-electron chi connectivity index (χ0n) is 11.6. The third-order valence-electron chi connectivity index (χ3n) is 4.02. The van der Waals surface area contributed by atoms with Gasteiger partial charge >= 0.3 is 0 Å². The number of carbonyl (C=O) groups is 1. The minimum Gasteiger partial charge on any atom is -0.376 e. The zero-order valence-corrected chi connectivity index (χ0v) is 11.6. The molecule has 108 valence electrons. The first kappa shape index (κ1) is 13.6. The molecule has 2 aliphatic rings. The van der Waals surface area contributed by atoms with E-state index in [1.807, 2.05) is 0 Å². The summed E-state index contributed by atoms with van der Waals surface area (Å²) in [6.07, 6.45) is 2.65. The van der Waals surface area contributed by atoms with Crippen molar-refractivity contribution in [2.24, 2.45) is 5.92 Å². The molecule has 1 atom stereocenters. The van der Waals surface area contributed by atoms with Gasteiger partial charge in [0.2, 0.25) is 5.91 Å². The van der Waals surface area contributed by atoms with Gasteiger partial charge in [0, 0.05) is 13.0 Å². The molecule has 1 heterocycles. The van der Waals surface area contributed by atoms with Crippen molar-refractivity contribution < 1.29 is 14.3 Å². The standard InChI is InChI=1S/C16H21NO3/c18-16(17-10-15-11-19-5-6-20-15)9-12-7-13-3-1-2-4-14(13)8-12/h1-4,12,15H,5-11H2,(H,17,18)/t15-/m1/s1. The second kappa shape index (κ2) is 6.37. The number of benzene rings is 1. The highest BCUT2D eigenvalue weighted by Crippen LogP contribution is 2.28. The van der Waals surface area contributed by atoms with Crippen LogP contribution in [-0.4, -0.2) is 38.4 Å².